The van der Waals surface area contributed by atoms with E-state index in [-0.39, 0.29) is 35.4 Å². The number of carbonyl (C=O) groups excluding carboxylic acids is 6. The molecule has 6 amide bonds. The number of carbonyl (C=O) groups is 6. The molecule has 0 atom stereocenters. The highest BCUT2D eigenvalue weighted by Gasteiger charge is 2.20. The second kappa shape index (κ2) is 91.0. The van der Waals surface area contributed by atoms with E-state index in [9.17, 15) is 28.8 Å². The van der Waals surface area contributed by atoms with Gasteiger partial charge in [0.25, 0.3) is 0 Å². The van der Waals surface area contributed by atoms with Crippen LogP contribution in [0.15, 0.2) is 0 Å². The lowest BCUT2D eigenvalue weighted by Crippen LogP contribution is -2.45. The lowest BCUT2D eigenvalue weighted by Gasteiger charge is -2.32. The molecule has 0 bridgehead atoms. The van der Waals surface area contributed by atoms with Crippen molar-refractivity contribution in [1.29, 1.82) is 0 Å². The minimum absolute atomic E-state index is 0.0509. The largest absolute Gasteiger partial charge is 0.356 e. The number of nitrogens with one attached hydrogen (secondary N) is 6. The Bertz CT molecular complexity index is 1860. The summed E-state index contributed by atoms with van der Waals surface area (Å²) in [5.41, 5.74) is 0. The monoisotopic (exact) mass is 1600 g/mol. The molecule has 0 aromatic heterocycles. The Labute approximate surface area is 701 Å². The van der Waals surface area contributed by atoms with Gasteiger partial charge in [-0.25, -0.2) is 0 Å². The Morgan fingerprint density at radius 2 is 0.239 bits per heavy atom. The van der Waals surface area contributed by atoms with Gasteiger partial charge in [-0.05, 0) is 38.5 Å². The molecular weight excluding hydrogens is 1400 g/mol. The molecule has 0 aromatic rings. The van der Waals surface area contributed by atoms with Crippen molar-refractivity contribution in [3.8, 4) is 0 Å². The molecule has 0 aliphatic heterocycles. The van der Waals surface area contributed by atoms with Crippen molar-refractivity contribution in [2.24, 2.45) is 0 Å². The Kier molecular flexibility index (Phi) is 88.3. The van der Waals surface area contributed by atoms with Crippen molar-refractivity contribution >= 4 is 35.4 Å². The Hall–Kier alpha value is -3.34. The van der Waals surface area contributed by atoms with Gasteiger partial charge in [0.2, 0.25) is 35.4 Å². The summed E-state index contributed by atoms with van der Waals surface area (Å²) in [5.74, 6) is 0.306. The fourth-order valence-corrected chi connectivity index (χ4v) is 15.5. The average molecular weight is 1600 g/mol. The average Bonchev–Trinajstić information content (AvgIpc) is 0.933. The van der Waals surface area contributed by atoms with Crippen LogP contribution in [0.1, 0.15) is 472 Å². The van der Waals surface area contributed by atoms with E-state index >= 15 is 0 Å². The molecule has 0 radical (unpaired) electrons. The summed E-state index contributed by atoms with van der Waals surface area (Å²) in [6, 6.07) is 0. The Morgan fingerprint density at radius 1 is 0.142 bits per heavy atom. The number of rotatable bonds is 94. The highest BCUT2D eigenvalue weighted by atomic mass is 16.2. The fourth-order valence-electron chi connectivity index (χ4n) is 15.5. The zero-order chi connectivity index (χ0) is 82.1. The van der Waals surface area contributed by atoms with Crippen LogP contribution < -0.4 is 31.9 Å². The molecule has 0 heterocycles. The van der Waals surface area contributed by atoms with Crippen molar-refractivity contribution in [2.75, 3.05) is 118 Å². The zero-order valence-corrected chi connectivity index (χ0v) is 76.3. The number of hydrogen-bond acceptors (Lipinski definition) is 10. The van der Waals surface area contributed by atoms with Gasteiger partial charge in [0.15, 0.2) is 0 Å². The molecule has 0 aliphatic carbocycles. The van der Waals surface area contributed by atoms with Gasteiger partial charge in [0, 0.05) is 156 Å². The van der Waals surface area contributed by atoms with Gasteiger partial charge in [-0.2, -0.15) is 0 Å². The third-order valence-corrected chi connectivity index (χ3v) is 23.5. The van der Waals surface area contributed by atoms with E-state index in [1.54, 1.807) is 0 Å². The van der Waals surface area contributed by atoms with Crippen molar-refractivity contribution in [1.82, 2.24) is 51.5 Å². The van der Waals surface area contributed by atoms with Crippen LogP contribution in [0.25, 0.3) is 0 Å². The van der Waals surface area contributed by atoms with Crippen LogP contribution in [0.3, 0.4) is 0 Å². The molecule has 113 heavy (non-hydrogen) atoms. The molecule has 0 saturated carbocycles. The lowest BCUT2D eigenvalue weighted by atomic mass is 10.1. The van der Waals surface area contributed by atoms with Gasteiger partial charge < -0.3 is 46.6 Å². The molecule has 0 aliphatic rings. The predicted octanol–water partition coefficient (Wildman–Crippen LogP) is 23.1. The van der Waals surface area contributed by atoms with Gasteiger partial charge >= 0.3 is 0 Å². The third kappa shape index (κ3) is 84.9. The summed E-state index contributed by atoms with van der Waals surface area (Å²) in [6.45, 7) is 24.8. The Morgan fingerprint density at radius 3 is 0.354 bits per heavy atom. The van der Waals surface area contributed by atoms with Crippen LogP contribution in [0.5, 0.6) is 0 Å². The maximum atomic E-state index is 13.7. The summed E-state index contributed by atoms with van der Waals surface area (Å²) in [5, 5.41) is 19.5. The number of amides is 6. The van der Waals surface area contributed by atoms with Crippen LogP contribution in [0.4, 0.5) is 0 Å². The molecule has 668 valence electrons. The van der Waals surface area contributed by atoms with Crippen molar-refractivity contribution in [3.63, 3.8) is 0 Å². The first kappa shape index (κ1) is 110. The molecule has 0 aromatic carbocycles. The molecule has 0 saturated heterocycles. The van der Waals surface area contributed by atoms with E-state index < -0.39 is 0 Å². The lowest BCUT2D eigenvalue weighted by molar-refractivity contribution is -0.123. The smallest absolute Gasteiger partial charge is 0.221 e. The van der Waals surface area contributed by atoms with Crippen molar-refractivity contribution in [3.05, 3.63) is 0 Å². The van der Waals surface area contributed by atoms with Gasteiger partial charge in [-0.1, -0.05) is 395 Å². The molecule has 6 N–H and O–H groups in total. The van der Waals surface area contributed by atoms with Crippen molar-refractivity contribution < 1.29 is 28.8 Å². The summed E-state index contributed by atoms with van der Waals surface area (Å²) < 4.78 is 0. The van der Waals surface area contributed by atoms with E-state index in [0.29, 0.717) is 156 Å². The summed E-state index contributed by atoms with van der Waals surface area (Å²) in [6.07, 6.45) is 78.4. The first-order valence-corrected chi connectivity index (χ1v) is 50.0. The van der Waals surface area contributed by atoms with Crippen LogP contribution in [0, 0.1) is 0 Å². The highest BCUT2D eigenvalue weighted by molar-refractivity contribution is 5.78. The number of unbranched alkanes of at least 4 members (excludes halogenated alkanes) is 55. The molecule has 0 rings (SSSR count). The topological polar surface area (TPSA) is 188 Å². The molecule has 16 nitrogen and oxygen atoms in total. The van der Waals surface area contributed by atoms with Gasteiger partial charge in [0.1, 0.15) is 0 Å². The molecule has 16 heteroatoms. The summed E-state index contributed by atoms with van der Waals surface area (Å²) >= 11 is 0. The molecular formula is C97H194N10O6. The first-order valence-electron chi connectivity index (χ1n) is 50.0. The van der Waals surface area contributed by atoms with E-state index in [0.717, 1.165) is 77.0 Å². The van der Waals surface area contributed by atoms with E-state index in [1.807, 2.05) is 0 Å². The second-order valence-corrected chi connectivity index (χ2v) is 34.4. The van der Waals surface area contributed by atoms with Gasteiger partial charge in [-0.15, -0.1) is 0 Å². The maximum Gasteiger partial charge on any atom is 0.221 e. The van der Waals surface area contributed by atoms with E-state index in [1.165, 1.54) is 315 Å². The number of nitrogens with zero attached hydrogens (tertiary/aromatic N) is 4. The van der Waals surface area contributed by atoms with Crippen LogP contribution >= 0.6 is 0 Å². The fraction of sp³-hybridized carbons (Fsp3) is 0.938. The SMILES string of the molecule is CCCCCCCCCCCCCNC(=O)CCN(CCC(=O)NCCCCCCCCCCCC)CCN(CCN(CCC(=O)NCCCCCCCCCCCC)CCC(=O)NCCCCCCCCCCCC)CCN(CCC(=O)NCCCCCCCCCCCC)CCC(=O)NCCCCCCCCCCCC. The standard InChI is InChI=1S/C97H194N10O6/c1-7-13-19-25-31-37-43-49-55-61-67-79-103-97(113)73-85-106(84-72-96(112)102-78-66-60-54-48-42-36-30-24-18-12-6)88-91-107(89-86-104(80-68-92(108)98-74-62-56-50-44-38-32-26-20-14-8-2)81-69-93(109)99-75-63-57-51-45-39-33-27-21-15-9-3)90-87-105(82-70-94(110)100-76-64-58-52-46-40-34-28-22-16-10-4)83-71-95(111)101-77-65-59-53-47-41-35-29-23-17-11-5/h7-91H2,1-6H3,(H,98,108)(H,99,109)(H,100,110)(H,101,111)(H,102,112)(H,103,113). The minimum atomic E-state index is 0.0509. The van der Waals surface area contributed by atoms with Crippen LogP contribution in [0.2, 0.25) is 0 Å². The summed E-state index contributed by atoms with van der Waals surface area (Å²) in [4.78, 5) is 91.5. The third-order valence-electron chi connectivity index (χ3n) is 23.5. The maximum absolute atomic E-state index is 13.7. The summed E-state index contributed by atoms with van der Waals surface area (Å²) in [7, 11) is 0. The molecule has 0 spiro atoms. The second-order valence-electron chi connectivity index (χ2n) is 34.4. The first-order chi connectivity index (χ1) is 55.5. The Balaban J connectivity index is 6.88. The minimum Gasteiger partial charge on any atom is -0.356 e. The zero-order valence-electron chi connectivity index (χ0n) is 76.3. The van der Waals surface area contributed by atoms with Crippen LogP contribution in [-0.4, -0.2) is 173 Å². The van der Waals surface area contributed by atoms with Gasteiger partial charge in [0.05, 0.1) is 0 Å². The van der Waals surface area contributed by atoms with E-state index in [4.69, 9.17) is 0 Å². The molecule has 0 unspecified atom stereocenters. The predicted molar refractivity (Wildman–Crippen MR) is 487 cm³/mol. The molecule has 0 fully saturated rings. The quantitative estimate of drug-likeness (QED) is 0.0320. The normalized spacial score (nSPS) is 11.6. The number of hydrogen-bond donors (Lipinski definition) is 6. The van der Waals surface area contributed by atoms with Gasteiger partial charge in [-0.3, -0.25) is 33.7 Å². The van der Waals surface area contributed by atoms with E-state index in [2.05, 4.69) is 93.0 Å². The highest BCUT2D eigenvalue weighted by Crippen LogP contribution is 2.17. The van der Waals surface area contributed by atoms with Crippen LogP contribution in [-0.2, 0) is 28.8 Å². The van der Waals surface area contributed by atoms with Crippen molar-refractivity contribution in [2.45, 2.75) is 472 Å².